The fourth-order valence-electron chi connectivity index (χ4n) is 4.61. The van der Waals surface area contributed by atoms with Crippen LogP contribution in [0, 0.1) is 5.82 Å². The second-order valence-electron chi connectivity index (χ2n) is 9.10. The number of halogens is 1. The van der Waals surface area contributed by atoms with Gasteiger partial charge in [0, 0.05) is 24.4 Å². The standard InChI is InChI=1S/C24H31FN2O4.2C2H6/c1-4-5-18-14-19(31-24(2,3)30-18)12-13-27-21(15-6-7-15)20(23(28)29)26-22(27)16-8-10-17(25)11-9-16;2*1-2/h8-11,15,18-19H,4-7,12-14H2,1-3H3,(H,28,29);2*1-2H3. The summed E-state index contributed by atoms with van der Waals surface area (Å²) in [6, 6.07) is 6.07. The maximum atomic E-state index is 13.5. The molecule has 2 fully saturated rings. The molecule has 35 heavy (non-hydrogen) atoms. The number of carboxylic acid groups (broad SMARTS) is 1. The van der Waals surface area contributed by atoms with Gasteiger partial charge in [0.1, 0.15) is 11.6 Å². The van der Waals surface area contributed by atoms with Crippen LogP contribution in [0.4, 0.5) is 4.39 Å². The summed E-state index contributed by atoms with van der Waals surface area (Å²) < 4.78 is 27.7. The van der Waals surface area contributed by atoms with Gasteiger partial charge < -0.3 is 19.1 Å². The Balaban J connectivity index is 0.00000103. The predicted molar refractivity (Wildman–Crippen MR) is 137 cm³/mol. The zero-order chi connectivity index (χ0) is 26.2. The monoisotopic (exact) mass is 490 g/mol. The fourth-order valence-corrected chi connectivity index (χ4v) is 4.61. The van der Waals surface area contributed by atoms with Gasteiger partial charge >= 0.3 is 5.97 Å². The number of hydrogen-bond donors (Lipinski definition) is 1. The molecule has 0 bridgehead atoms. The average Bonchev–Trinajstić information content (AvgIpc) is 3.60. The van der Waals surface area contributed by atoms with Crippen molar-refractivity contribution in [2.24, 2.45) is 0 Å². The number of nitrogens with zero attached hydrogens (tertiary/aromatic N) is 2. The first-order chi connectivity index (χ1) is 16.8. The molecule has 0 amide bonds. The van der Waals surface area contributed by atoms with Crippen molar-refractivity contribution in [3.8, 4) is 11.4 Å². The Labute approximate surface area is 209 Å². The zero-order valence-electron chi connectivity index (χ0n) is 22.4. The number of aromatic carboxylic acids is 1. The number of rotatable bonds is 8. The van der Waals surface area contributed by atoms with Crippen LogP contribution in [0.25, 0.3) is 11.4 Å². The molecule has 2 heterocycles. The molecule has 1 saturated heterocycles. The third-order valence-electron chi connectivity index (χ3n) is 5.99. The van der Waals surface area contributed by atoms with E-state index in [2.05, 4.69) is 11.9 Å². The van der Waals surface area contributed by atoms with Crippen molar-refractivity contribution < 1.29 is 23.8 Å². The zero-order valence-corrected chi connectivity index (χ0v) is 22.4. The quantitative estimate of drug-likeness (QED) is 0.417. The van der Waals surface area contributed by atoms with Gasteiger partial charge in [-0.25, -0.2) is 14.2 Å². The second-order valence-corrected chi connectivity index (χ2v) is 9.10. The smallest absolute Gasteiger partial charge is 0.356 e. The van der Waals surface area contributed by atoms with Crippen molar-refractivity contribution in [3.63, 3.8) is 0 Å². The van der Waals surface area contributed by atoms with Gasteiger partial charge in [0.05, 0.1) is 17.9 Å². The molecule has 1 N–H and O–H groups in total. The van der Waals surface area contributed by atoms with Gasteiger partial charge in [-0.15, -0.1) is 0 Å². The van der Waals surface area contributed by atoms with Crippen molar-refractivity contribution >= 4 is 5.97 Å². The Morgan fingerprint density at radius 3 is 2.17 bits per heavy atom. The summed E-state index contributed by atoms with van der Waals surface area (Å²) in [5.41, 5.74) is 1.61. The number of aromatic nitrogens is 2. The molecule has 2 atom stereocenters. The SMILES string of the molecule is CC.CC.CCCC1CC(CCn2c(-c3ccc(F)cc3)nc(C(=O)O)c2C2CC2)OC(C)(C)O1. The molecule has 1 aliphatic carbocycles. The number of ether oxygens (including phenoxy) is 2. The minimum Gasteiger partial charge on any atom is -0.476 e. The normalized spacial score (nSPS) is 20.8. The molecule has 0 spiro atoms. The Bertz CT molecular complexity index is 935. The largest absolute Gasteiger partial charge is 0.476 e. The van der Waals surface area contributed by atoms with Crippen molar-refractivity contribution in [1.82, 2.24) is 9.55 Å². The average molecular weight is 491 g/mol. The van der Waals surface area contributed by atoms with Crippen LogP contribution in [0.2, 0.25) is 0 Å². The topological polar surface area (TPSA) is 73.6 Å². The van der Waals surface area contributed by atoms with Crippen LogP contribution >= 0.6 is 0 Å². The molecular formula is C28H43FN2O4. The van der Waals surface area contributed by atoms with E-state index in [1.165, 1.54) is 12.1 Å². The first-order valence-corrected chi connectivity index (χ1v) is 13.2. The third kappa shape index (κ3) is 7.61. The van der Waals surface area contributed by atoms with E-state index in [9.17, 15) is 14.3 Å². The summed E-state index contributed by atoms with van der Waals surface area (Å²) in [6.45, 7) is 14.6. The van der Waals surface area contributed by atoms with E-state index in [-0.39, 0.29) is 29.6 Å². The van der Waals surface area contributed by atoms with E-state index >= 15 is 0 Å². The number of benzene rings is 1. The minimum atomic E-state index is -1.02. The van der Waals surface area contributed by atoms with Crippen LogP contribution < -0.4 is 0 Å². The highest BCUT2D eigenvalue weighted by Gasteiger charge is 2.37. The lowest BCUT2D eigenvalue weighted by atomic mass is 10.0. The first kappa shape index (κ1) is 29.0. The van der Waals surface area contributed by atoms with E-state index in [1.54, 1.807) is 12.1 Å². The van der Waals surface area contributed by atoms with Gasteiger partial charge in [0.25, 0.3) is 0 Å². The van der Waals surface area contributed by atoms with Crippen LogP contribution in [0.3, 0.4) is 0 Å². The molecular weight excluding hydrogens is 447 g/mol. The number of carbonyl (C=O) groups is 1. The molecule has 2 unspecified atom stereocenters. The Hall–Kier alpha value is -2.25. The van der Waals surface area contributed by atoms with Gasteiger partial charge in [-0.2, -0.15) is 0 Å². The summed E-state index contributed by atoms with van der Waals surface area (Å²) in [4.78, 5) is 16.4. The van der Waals surface area contributed by atoms with E-state index in [1.807, 2.05) is 46.1 Å². The molecule has 0 radical (unpaired) electrons. The van der Waals surface area contributed by atoms with E-state index in [0.29, 0.717) is 17.9 Å². The van der Waals surface area contributed by atoms with Crippen molar-refractivity contribution in [2.45, 2.75) is 117 Å². The number of carboxylic acids is 1. The van der Waals surface area contributed by atoms with Crippen LogP contribution in [-0.4, -0.2) is 38.6 Å². The molecule has 1 aliphatic heterocycles. The maximum absolute atomic E-state index is 13.5. The van der Waals surface area contributed by atoms with Crippen LogP contribution in [0.5, 0.6) is 0 Å². The van der Waals surface area contributed by atoms with Crippen LogP contribution in [0.15, 0.2) is 24.3 Å². The Kier molecular flexibility index (Phi) is 10.9. The van der Waals surface area contributed by atoms with E-state index in [0.717, 1.165) is 44.2 Å². The summed E-state index contributed by atoms with van der Waals surface area (Å²) in [5, 5.41) is 9.77. The van der Waals surface area contributed by atoms with Gasteiger partial charge in [0.2, 0.25) is 0 Å². The van der Waals surface area contributed by atoms with Crippen molar-refractivity contribution in [1.29, 1.82) is 0 Å². The summed E-state index contributed by atoms with van der Waals surface area (Å²) >= 11 is 0. The maximum Gasteiger partial charge on any atom is 0.356 e. The molecule has 2 aromatic rings. The molecule has 7 heteroatoms. The van der Waals surface area contributed by atoms with Crippen molar-refractivity contribution in [2.75, 3.05) is 0 Å². The van der Waals surface area contributed by atoms with Gasteiger partial charge in [0.15, 0.2) is 11.5 Å². The van der Waals surface area contributed by atoms with Gasteiger partial charge in [-0.1, -0.05) is 41.0 Å². The lowest BCUT2D eigenvalue weighted by molar-refractivity contribution is -0.301. The van der Waals surface area contributed by atoms with E-state index < -0.39 is 11.8 Å². The van der Waals surface area contributed by atoms with Gasteiger partial charge in [-0.05, 0) is 63.8 Å². The van der Waals surface area contributed by atoms with Crippen LogP contribution in [0.1, 0.15) is 109 Å². The minimum absolute atomic E-state index is 0.0177. The Morgan fingerprint density at radius 1 is 1.09 bits per heavy atom. The third-order valence-corrected chi connectivity index (χ3v) is 5.99. The number of hydrogen-bond acceptors (Lipinski definition) is 4. The van der Waals surface area contributed by atoms with Gasteiger partial charge in [-0.3, -0.25) is 0 Å². The fraction of sp³-hybridized carbons (Fsp3) is 0.643. The molecule has 1 aromatic carbocycles. The van der Waals surface area contributed by atoms with Crippen molar-refractivity contribution in [3.05, 3.63) is 41.5 Å². The second kappa shape index (κ2) is 13.2. The number of imidazole rings is 1. The molecule has 2 aliphatic rings. The lowest BCUT2D eigenvalue weighted by Gasteiger charge is -2.41. The highest BCUT2D eigenvalue weighted by atomic mass is 19.1. The van der Waals surface area contributed by atoms with Crippen LogP contribution in [-0.2, 0) is 16.0 Å². The predicted octanol–water partition coefficient (Wildman–Crippen LogP) is 7.42. The summed E-state index contributed by atoms with van der Waals surface area (Å²) in [7, 11) is 0. The molecule has 6 nitrogen and oxygen atoms in total. The molecule has 196 valence electrons. The lowest BCUT2D eigenvalue weighted by Crippen LogP contribution is -2.44. The first-order valence-electron chi connectivity index (χ1n) is 13.2. The molecule has 1 saturated carbocycles. The summed E-state index contributed by atoms with van der Waals surface area (Å²) in [6.07, 6.45) is 5.71. The molecule has 1 aromatic heterocycles. The highest BCUT2D eigenvalue weighted by Crippen LogP contribution is 2.43. The highest BCUT2D eigenvalue weighted by molar-refractivity contribution is 5.88. The summed E-state index contributed by atoms with van der Waals surface area (Å²) in [5.74, 6) is -1.19. The van der Waals surface area contributed by atoms with E-state index in [4.69, 9.17) is 9.47 Å². The molecule has 4 rings (SSSR count). The Morgan fingerprint density at radius 2 is 1.66 bits per heavy atom.